The Labute approximate surface area is 194 Å². The molecule has 0 aliphatic carbocycles. The lowest BCUT2D eigenvalue weighted by molar-refractivity contribution is -0.384. The number of hydrogen-bond acceptors (Lipinski definition) is 7. The predicted octanol–water partition coefficient (Wildman–Crippen LogP) is 3.20. The average Bonchev–Trinajstić information content (AvgIpc) is 3.33. The van der Waals surface area contributed by atoms with Crippen LogP contribution in [-0.4, -0.2) is 45.3 Å². The zero-order valence-corrected chi connectivity index (χ0v) is 18.5. The van der Waals surface area contributed by atoms with Gasteiger partial charge in [-0.05, 0) is 43.5 Å². The van der Waals surface area contributed by atoms with Crippen molar-refractivity contribution in [1.82, 2.24) is 14.7 Å². The minimum Gasteiger partial charge on any atom is -0.486 e. The molecule has 0 spiro atoms. The second-order valence-corrected chi connectivity index (χ2v) is 8.22. The summed E-state index contributed by atoms with van der Waals surface area (Å²) < 4.78 is 12.5. The molecule has 10 heteroatoms. The number of hydrogen-bond donors (Lipinski definition) is 0. The van der Waals surface area contributed by atoms with E-state index in [0.29, 0.717) is 37.0 Å². The molecule has 2 aromatic carbocycles. The third kappa shape index (κ3) is 3.76. The van der Waals surface area contributed by atoms with Crippen molar-refractivity contribution in [2.45, 2.75) is 25.8 Å². The van der Waals surface area contributed by atoms with E-state index in [4.69, 9.17) is 9.47 Å². The monoisotopic (exact) mass is 462 g/mol. The first kappa shape index (κ1) is 21.6. The summed E-state index contributed by atoms with van der Waals surface area (Å²) in [5.74, 6) is 0.795. The van der Waals surface area contributed by atoms with E-state index in [2.05, 4.69) is 5.10 Å². The lowest BCUT2D eigenvalue weighted by atomic mass is 10.0. The van der Waals surface area contributed by atoms with E-state index in [1.807, 2.05) is 18.2 Å². The number of aryl methyl sites for hydroxylation is 1. The number of amides is 1. The minimum atomic E-state index is -0.523. The van der Waals surface area contributed by atoms with Crippen LogP contribution in [-0.2, 0) is 0 Å². The molecule has 1 saturated heterocycles. The van der Waals surface area contributed by atoms with E-state index in [9.17, 15) is 19.7 Å². The smallest absolute Gasteiger partial charge is 0.294 e. The van der Waals surface area contributed by atoms with Gasteiger partial charge in [0.05, 0.1) is 11.0 Å². The average molecular weight is 462 g/mol. The highest BCUT2D eigenvalue weighted by Gasteiger charge is 2.34. The third-order valence-electron chi connectivity index (χ3n) is 6.08. The molecule has 1 fully saturated rings. The molecule has 174 valence electrons. The molecule has 3 heterocycles. The summed E-state index contributed by atoms with van der Waals surface area (Å²) in [6, 6.07) is 12.7. The summed E-state index contributed by atoms with van der Waals surface area (Å²) in [7, 11) is 0. The van der Waals surface area contributed by atoms with E-state index in [0.717, 1.165) is 18.4 Å². The lowest BCUT2D eigenvalue weighted by Crippen LogP contribution is -2.36. The fraction of sp³-hybridized carbons (Fsp3) is 0.292. The van der Waals surface area contributed by atoms with Crippen LogP contribution in [0.5, 0.6) is 11.5 Å². The van der Waals surface area contributed by atoms with Crippen molar-refractivity contribution in [3.05, 3.63) is 85.8 Å². The summed E-state index contributed by atoms with van der Waals surface area (Å²) >= 11 is 0. The van der Waals surface area contributed by atoms with Crippen molar-refractivity contribution in [3.8, 4) is 17.2 Å². The van der Waals surface area contributed by atoms with Crippen LogP contribution >= 0.6 is 0 Å². The van der Waals surface area contributed by atoms with Crippen molar-refractivity contribution in [2.75, 3.05) is 19.8 Å². The number of carbonyl (C=O) groups is 1. The Hall–Kier alpha value is -4.21. The molecule has 1 atom stereocenters. The van der Waals surface area contributed by atoms with E-state index in [1.165, 1.54) is 22.9 Å². The highest BCUT2D eigenvalue weighted by molar-refractivity contribution is 5.92. The maximum atomic E-state index is 13.5. The van der Waals surface area contributed by atoms with Gasteiger partial charge in [0.15, 0.2) is 17.2 Å². The van der Waals surface area contributed by atoms with Crippen molar-refractivity contribution in [2.24, 2.45) is 0 Å². The van der Waals surface area contributed by atoms with Crippen molar-refractivity contribution >= 4 is 11.6 Å². The number of nitro groups is 1. The number of carbonyl (C=O) groups excluding carboxylic acids is 1. The number of nitrogens with zero attached hydrogens (tertiary/aromatic N) is 4. The molecular weight excluding hydrogens is 440 g/mol. The van der Waals surface area contributed by atoms with E-state index < -0.39 is 16.3 Å². The molecule has 0 saturated carbocycles. The van der Waals surface area contributed by atoms with Gasteiger partial charge in [-0.2, -0.15) is 5.10 Å². The Bertz CT molecular complexity index is 1350. The van der Waals surface area contributed by atoms with Crippen LogP contribution in [0.1, 0.15) is 40.6 Å². The van der Waals surface area contributed by atoms with Gasteiger partial charge in [-0.1, -0.05) is 18.2 Å². The second-order valence-electron chi connectivity index (χ2n) is 8.22. The SMILES string of the molecule is Cc1cc(=O)c(C(=O)N2CCCC2c2ccc3c(c2)OCCO3)nn1-c1ccccc1[N+](=O)[O-]. The number of aromatic nitrogens is 2. The molecule has 0 N–H and O–H groups in total. The molecule has 3 aromatic rings. The van der Waals surface area contributed by atoms with E-state index >= 15 is 0 Å². The van der Waals surface area contributed by atoms with Crippen LogP contribution in [0.3, 0.4) is 0 Å². The standard InChI is InChI=1S/C24H22N4O6/c1-15-13-20(29)23(25-27(15)18-5-2-3-6-19(18)28(31)32)24(30)26-10-4-7-17(26)16-8-9-21-22(14-16)34-12-11-33-21/h2-3,5-6,8-9,13-14,17H,4,7,10-12H2,1H3. The minimum absolute atomic E-state index is 0.171. The number of benzene rings is 2. The molecule has 2 aliphatic heterocycles. The zero-order valence-electron chi connectivity index (χ0n) is 18.5. The van der Waals surface area contributed by atoms with Crippen LogP contribution < -0.4 is 14.9 Å². The zero-order chi connectivity index (χ0) is 23.8. The molecular formula is C24H22N4O6. The van der Waals surface area contributed by atoms with Crippen molar-refractivity contribution in [3.63, 3.8) is 0 Å². The normalized spacial score (nSPS) is 17.0. The van der Waals surface area contributed by atoms with Crippen LogP contribution in [0.25, 0.3) is 5.69 Å². The van der Waals surface area contributed by atoms with Gasteiger partial charge in [-0.25, -0.2) is 4.68 Å². The van der Waals surface area contributed by atoms with E-state index in [1.54, 1.807) is 24.0 Å². The maximum absolute atomic E-state index is 13.5. The Morgan fingerprint density at radius 2 is 1.88 bits per heavy atom. The van der Waals surface area contributed by atoms with Gasteiger partial charge in [0, 0.05) is 24.4 Å². The largest absolute Gasteiger partial charge is 0.486 e. The first-order valence-electron chi connectivity index (χ1n) is 11.0. The summed E-state index contributed by atoms with van der Waals surface area (Å²) in [6.45, 7) is 3.04. The first-order chi connectivity index (χ1) is 16.4. The third-order valence-corrected chi connectivity index (χ3v) is 6.08. The molecule has 1 unspecified atom stereocenters. The molecule has 2 aliphatic rings. The summed E-state index contributed by atoms with van der Waals surface area (Å²) in [5.41, 5.74) is 0.500. The molecule has 5 rings (SSSR count). The number of nitro benzene ring substituents is 1. The topological polar surface area (TPSA) is 117 Å². The number of fused-ring (bicyclic) bond motifs is 1. The number of rotatable bonds is 4. The van der Waals surface area contributed by atoms with Crippen molar-refractivity contribution < 1.29 is 19.2 Å². The second kappa shape index (κ2) is 8.62. The lowest BCUT2D eigenvalue weighted by Gasteiger charge is -2.26. The molecule has 1 amide bonds. The molecule has 0 radical (unpaired) electrons. The summed E-state index contributed by atoms with van der Waals surface area (Å²) in [5, 5.41) is 15.8. The fourth-order valence-corrected chi connectivity index (χ4v) is 4.50. The maximum Gasteiger partial charge on any atom is 0.294 e. The van der Waals surface area contributed by atoms with Crippen molar-refractivity contribution in [1.29, 1.82) is 0 Å². The Balaban J connectivity index is 1.52. The number of para-hydroxylation sites is 2. The van der Waals surface area contributed by atoms with Gasteiger partial charge in [-0.15, -0.1) is 0 Å². The van der Waals surface area contributed by atoms with Gasteiger partial charge in [0.1, 0.15) is 18.9 Å². The van der Waals surface area contributed by atoms with Crippen LogP contribution in [0.2, 0.25) is 0 Å². The molecule has 1 aromatic heterocycles. The van der Waals surface area contributed by atoms with Gasteiger partial charge >= 0.3 is 0 Å². The van der Waals surface area contributed by atoms with Gasteiger partial charge in [0.25, 0.3) is 11.6 Å². The van der Waals surface area contributed by atoms with Crippen LogP contribution in [0, 0.1) is 17.0 Å². The van der Waals surface area contributed by atoms with Gasteiger partial charge in [0.2, 0.25) is 5.43 Å². The summed E-state index contributed by atoms with van der Waals surface area (Å²) in [4.78, 5) is 38.9. The van der Waals surface area contributed by atoms with Gasteiger partial charge < -0.3 is 14.4 Å². The highest BCUT2D eigenvalue weighted by atomic mass is 16.6. The molecule has 10 nitrogen and oxygen atoms in total. The summed E-state index contributed by atoms with van der Waals surface area (Å²) in [6.07, 6.45) is 1.50. The Kier molecular flexibility index (Phi) is 5.48. The Morgan fingerprint density at radius 3 is 2.68 bits per heavy atom. The first-order valence-corrected chi connectivity index (χ1v) is 11.0. The predicted molar refractivity (Wildman–Crippen MR) is 122 cm³/mol. The highest BCUT2D eigenvalue weighted by Crippen LogP contribution is 2.38. The number of ether oxygens (including phenoxy) is 2. The van der Waals surface area contributed by atoms with Gasteiger partial charge in [-0.3, -0.25) is 19.7 Å². The van der Waals surface area contributed by atoms with Crippen LogP contribution in [0.15, 0.2) is 53.3 Å². The number of likely N-dealkylation sites (tertiary alicyclic amines) is 1. The van der Waals surface area contributed by atoms with Crippen LogP contribution in [0.4, 0.5) is 5.69 Å². The van der Waals surface area contributed by atoms with E-state index in [-0.39, 0.29) is 23.1 Å². The Morgan fingerprint density at radius 1 is 1.12 bits per heavy atom. The molecule has 34 heavy (non-hydrogen) atoms. The fourth-order valence-electron chi connectivity index (χ4n) is 4.50. The molecule has 0 bridgehead atoms. The quantitative estimate of drug-likeness (QED) is 0.432.